The molecular formula is C136H79N11. The molecule has 11 nitrogen and oxygen atoms in total. The van der Waals surface area contributed by atoms with E-state index in [0.717, 1.165) is 149 Å². The quantitative estimate of drug-likeness (QED) is 0.110. The van der Waals surface area contributed by atoms with Crippen molar-refractivity contribution in [2.24, 2.45) is 0 Å². The Morgan fingerprint density at radius 2 is 0.422 bits per heavy atom. The molecule has 0 unspecified atom stereocenters. The lowest BCUT2D eigenvalue weighted by atomic mass is 9.88. The summed E-state index contributed by atoms with van der Waals surface area (Å²) in [6.07, 6.45) is 0. The summed E-state index contributed by atoms with van der Waals surface area (Å²) in [6, 6.07) is 175. The summed E-state index contributed by atoms with van der Waals surface area (Å²) in [4.78, 5) is 25.5. The van der Waals surface area contributed by atoms with Crippen molar-refractivity contribution < 1.29 is 0 Å². The maximum atomic E-state index is 9.84. The second-order valence-electron chi connectivity index (χ2n) is 37.7. The molecule has 147 heavy (non-hydrogen) atoms. The van der Waals surface area contributed by atoms with Gasteiger partial charge in [-0.2, -0.15) is 15.8 Å². The SMILES string of the molecule is N#Cc1ccc2c(c1)c1cc(-c3ccc4ccc5c(-c6nc(-c7ccccc7)cc(-c7ccccc7)n6)ccc6ccc3c4c65)ccc1n2-c1ccccc1.N#Cc1ccc2c(c1)c1cc(-c3ccc4ccc5c(-c6nc(-c7ccccc7)nc(-c7ccccc7)n6)ccc6ccc3c4c65)ccc1n2-c1ccccc1.N#Cc1ccc2c3ccc(-c4ccc5ccc6cccc7ccc4c5c67)cc3n(-c3ccccc3)c2c1. The molecule has 5 aromatic heterocycles. The molecule has 30 rings (SSSR count). The normalized spacial score (nSPS) is 11.7. The Hall–Kier alpha value is -20.4. The number of hydrogen-bond acceptors (Lipinski definition) is 8. The molecule has 678 valence electrons. The molecule has 5 heterocycles. The number of nitriles is 3. The Morgan fingerprint density at radius 3 is 0.816 bits per heavy atom. The fourth-order valence-electron chi connectivity index (χ4n) is 22.8. The first-order valence-corrected chi connectivity index (χ1v) is 49.3. The van der Waals surface area contributed by atoms with E-state index < -0.39 is 0 Å². The van der Waals surface area contributed by atoms with Gasteiger partial charge in [-0.05, 0) is 264 Å². The van der Waals surface area contributed by atoms with Crippen molar-refractivity contribution in [2.75, 3.05) is 0 Å². The Morgan fingerprint density at radius 1 is 0.156 bits per heavy atom. The molecule has 0 radical (unpaired) electrons. The number of fused-ring (bicyclic) bond motifs is 9. The summed E-state index contributed by atoms with van der Waals surface area (Å²) >= 11 is 0. The third kappa shape index (κ3) is 14.1. The zero-order valence-electron chi connectivity index (χ0n) is 79.0. The van der Waals surface area contributed by atoms with E-state index in [2.05, 4.69) is 384 Å². The van der Waals surface area contributed by atoms with Gasteiger partial charge in [0.05, 0.1) is 79.4 Å². The minimum atomic E-state index is 0.642. The lowest BCUT2D eigenvalue weighted by molar-refractivity contribution is 1.08. The standard InChI is InChI=1S/C51H30N4.C50H29N5.C35H20N2/c52-31-32-16-26-47-43(28-32)44-29-37(21-27-48(44)55(47)38-14-8-3-9-15-38)39-22-17-35-19-24-41-42(25-20-36-18-23-40(39)49(35)50(36)41)51-53-45(33-10-4-1-5-11-33)30-46(54-51)34-12-6-2-7-13-34;51-30-31-16-26-44-42(28-31)43-29-36(21-27-45(43)55(44)37-14-8-3-9-15-37)38-22-17-32-19-24-40-41(25-20-33-18-23-39(38)46(32)47(33)40)50-53-48(34-10-4-1-5-11-34)52-49(54-50)35-12-6-2-7-13-35;36-21-22-9-15-29-30-17-14-26(20-33(30)37(32(29)19-22)27-7-2-1-3-8-27)28-16-12-25-11-10-23-5-4-6-24-13-18-31(28)35(25)34(23)24/h1-30H;1-29H;1-20H. The highest BCUT2D eigenvalue weighted by atomic mass is 15.0. The highest BCUT2D eigenvalue weighted by Crippen LogP contribution is 2.50. The van der Waals surface area contributed by atoms with Crippen LogP contribution in [-0.2, 0) is 0 Å². The molecule has 0 spiro atoms. The van der Waals surface area contributed by atoms with Crippen molar-refractivity contribution in [2.45, 2.75) is 0 Å². The van der Waals surface area contributed by atoms with E-state index in [1.807, 2.05) is 127 Å². The first-order valence-electron chi connectivity index (χ1n) is 49.3. The second kappa shape index (κ2) is 34.5. The van der Waals surface area contributed by atoms with Crippen LogP contribution in [0.25, 0.3) is 281 Å². The molecule has 0 aliphatic rings. The summed E-state index contributed by atoms with van der Waals surface area (Å²) in [6.45, 7) is 0. The van der Waals surface area contributed by atoms with Gasteiger partial charge in [-0.25, -0.2) is 24.9 Å². The topological polar surface area (TPSA) is 151 Å². The predicted molar refractivity (Wildman–Crippen MR) is 605 cm³/mol. The molecule has 25 aromatic carbocycles. The molecule has 0 aliphatic heterocycles. The van der Waals surface area contributed by atoms with E-state index >= 15 is 0 Å². The molecular weight excluding hydrogens is 1790 g/mol. The van der Waals surface area contributed by atoms with Crippen LogP contribution in [0, 0.1) is 34.0 Å². The van der Waals surface area contributed by atoms with Gasteiger partial charge >= 0.3 is 0 Å². The van der Waals surface area contributed by atoms with Gasteiger partial charge in [0.15, 0.2) is 23.3 Å². The van der Waals surface area contributed by atoms with Crippen LogP contribution in [0.4, 0.5) is 0 Å². The van der Waals surface area contributed by atoms with Crippen LogP contribution in [0.1, 0.15) is 16.7 Å². The fraction of sp³-hybridized carbons (Fsp3) is 0. The highest BCUT2D eigenvalue weighted by Gasteiger charge is 2.26. The van der Waals surface area contributed by atoms with Gasteiger partial charge in [-0.1, -0.05) is 346 Å². The Bertz CT molecular complexity index is 10100. The smallest absolute Gasteiger partial charge is 0.164 e. The van der Waals surface area contributed by atoms with E-state index in [9.17, 15) is 15.8 Å². The minimum absolute atomic E-state index is 0.642. The van der Waals surface area contributed by atoms with Crippen molar-refractivity contribution in [3.63, 3.8) is 0 Å². The Kier molecular flexibility index (Phi) is 19.9. The van der Waals surface area contributed by atoms with Crippen LogP contribution >= 0.6 is 0 Å². The van der Waals surface area contributed by atoms with Gasteiger partial charge in [0.1, 0.15) is 0 Å². The van der Waals surface area contributed by atoms with Crippen molar-refractivity contribution in [3.05, 3.63) is 496 Å². The first-order chi connectivity index (χ1) is 72.7. The van der Waals surface area contributed by atoms with Crippen LogP contribution in [0.5, 0.6) is 0 Å². The molecule has 0 amide bonds. The lowest BCUT2D eigenvalue weighted by Crippen LogP contribution is -2.00. The maximum absolute atomic E-state index is 9.84. The Labute approximate surface area is 843 Å². The summed E-state index contributed by atoms with van der Waals surface area (Å²) < 4.78 is 6.86. The summed E-state index contributed by atoms with van der Waals surface area (Å²) in [7, 11) is 0. The maximum Gasteiger partial charge on any atom is 0.164 e. The van der Waals surface area contributed by atoms with Gasteiger partial charge < -0.3 is 13.7 Å². The minimum Gasteiger partial charge on any atom is -0.309 e. The molecule has 0 saturated heterocycles. The van der Waals surface area contributed by atoms with Crippen molar-refractivity contribution in [3.8, 4) is 137 Å². The van der Waals surface area contributed by atoms with Crippen molar-refractivity contribution in [1.82, 2.24) is 38.6 Å². The molecule has 0 aliphatic carbocycles. The Balaban J connectivity index is 0.000000109. The number of hydrogen-bond donors (Lipinski definition) is 0. The van der Waals surface area contributed by atoms with E-state index in [4.69, 9.17) is 24.9 Å². The monoisotopic (exact) mass is 1870 g/mol. The average molecular weight is 1870 g/mol. The number of aromatic nitrogens is 8. The van der Waals surface area contributed by atoms with E-state index in [-0.39, 0.29) is 0 Å². The van der Waals surface area contributed by atoms with E-state index in [1.54, 1.807) is 0 Å². The van der Waals surface area contributed by atoms with Crippen molar-refractivity contribution in [1.29, 1.82) is 15.8 Å². The summed E-state index contributed by atoms with van der Waals surface area (Å²) in [5.74, 6) is 2.63. The van der Waals surface area contributed by atoms with Crippen LogP contribution in [0.2, 0.25) is 0 Å². The second-order valence-corrected chi connectivity index (χ2v) is 37.7. The lowest BCUT2D eigenvalue weighted by Gasteiger charge is -2.17. The number of para-hydroxylation sites is 3. The summed E-state index contributed by atoms with van der Waals surface area (Å²) in [5.41, 5.74) is 26.5. The van der Waals surface area contributed by atoms with Gasteiger partial charge in [0, 0.05) is 82.8 Å². The largest absolute Gasteiger partial charge is 0.309 e. The van der Waals surface area contributed by atoms with E-state index in [1.165, 1.54) is 108 Å². The molecule has 0 N–H and O–H groups in total. The fourth-order valence-corrected chi connectivity index (χ4v) is 22.8. The molecule has 30 aromatic rings. The van der Waals surface area contributed by atoms with Crippen LogP contribution < -0.4 is 0 Å². The van der Waals surface area contributed by atoms with Gasteiger partial charge in [0.25, 0.3) is 0 Å². The van der Waals surface area contributed by atoms with Crippen molar-refractivity contribution >= 4 is 162 Å². The third-order valence-electron chi connectivity index (χ3n) is 29.6. The van der Waals surface area contributed by atoms with Crippen LogP contribution in [-0.4, -0.2) is 38.6 Å². The molecule has 0 bridgehead atoms. The number of nitrogens with zero attached hydrogens (tertiary/aromatic N) is 11. The van der Waals surface area contributed by atoms with Crippen LogP contribution in [0.15, 0.2) is 479 Å². The molecule has 11 heteroatoms. The van der Waals surface area contributed by atoms with E-state index in [0.29, 0.717) is 40.0 Å². The first kappa shape index (κ1) is 84.6. The van der Waals surface area contributed by atoms with Gasteiger partial charge in [-0.15, -0.1) is 0 Å². The van der Waals surface area contributed by atoms with Gasteiger partial charge in [0.2, 0.25) is 0 Å². The number of rotatable bonds is 12. The van der Waals surface area contributed by atoms with Crippen LogP contribution in [0.3, 0.4) is 0 Å². The predicted octanol–water partition coefficient (Wildman–Crippen LogP) is 34.6. The molecule has 0 atom stereocenters. The molecule has 0 fully saturated rings. The number of benzene rings is 25. The molecule has 0 saturated carbocycles. The zero-order chi connectivity index (χ0) is 97.4. The summed E-state index contributed by atoms with van der Waals surface area (Å²) in [5, 5.41) is 57.9. The average Bonchev–Trinajstić information content (AvgIpc) is 1.42. The third-order valence-corrected chi connectivity index (χ3v) is 29.6. The zero-order valence-corrected chi connectivity index (χ0v) is 79.0. The van der Waals surface area contributed by atoms with Gasteiger partial charge in [-0.3, -0.25) is 0 Å². The highest BCUT2D eigenvalue weighted by molar-refractivity contribution is 6.31.